The average Bonchev–Trinajstić information content (AvgIpc) is 2.56. The molecule has 126 valence electrons. The van der Waals surface area contributed by atoms with Gasteiger partial charge in [-0.2, -0.15) is 0 Å². The quantitative estimate of drug-likeness (QED) is 0.778. The smallest absolute Gasteiger partial charge is 0.236 e. The fourth-order valence-corrected chi connectivity index (χ4v) is 3.27. The molecule has 1 aliphatic rings. The number of rotatable bonds is 7. The first-order valence-electron chi connectivity index (χ1n) is 8.15. The van der Waals surface area contributed by atoms with E-state index < -0.39 is 0 Å². The molecule has 0 spiro atoms. The molecule has 0 radical (unpaired) electrons. The van der Waals surface area contributed by atoms with Crippen molar-refractivity contribution in [1.29, 1.82) is 0 Å². The topological polar surface area (TPSA) is 56.7 Å². The van der Waals surface area contributed by atoms with Crippen molar-refractivity contribution in [2.24, 2.45) is 5.41 Å². The molecule has 5 nitrogen and oxygen atoms in total. The monoisotopic (exact) mass is 317 g/mol. The minimum Gasteiger partial charge on any atom is -0.396 e. The number of piperidine rings is 1. The molecule has 5 heteroatoms. The number of carbonyl (C=O) groups excluding carboxylic acids is 1. The summed E-state index contributed by atoms with van der Waals surface area (Å²) in [5.41, 5.74) is 0.935. The molecule has 2 rings (SSSR count). The minimum absolute atomic E-state index is 0.107. The van der Waals surface area contributed by atoms with E-state index in [1.54, 1.807) is 12.4 Å². The van der Waals surface area contributed by atoms with Gasteiger partial charge in [-0.3, -0.25) is 14.7 Å². The minimum atomic E-state index is -0.209. The van der Waals surface area contributed by atoms with Gasteiger partial charge in [0.2, 0.25) is 5.91 Å². The fraction of sp³-hybridized carbons (Fsp3) is 0.556. The molecule has 2 heterocycles. The van der Waals surface area contributed by atoms with Crippen LogP contribution < -0.4 is 0 Å². The lowest BCUT2D eigenvalue weighted by atomic mass is 9.78. The van der Waals surface area contributed by atoms with E-state index in [1.165, 1.54) is 0 Å². The van der Waals surface area contributed by atoms with Crippen molar-refractivity contribution >= 4 is 5.91 Å². The summed E-state index contributed by atoms with van der Waals surface area (Å²) in [6.07, 6.45) is 8.02. The zero-order valence-electron chi connectivity index (χ0n) is 13.9. The van der Waals surface area contributed by atoms with Crippen LogP contribution >= 0.6 is 0 Å². The number of aliphatic hydroxyl groups excluding tert-OH is 1. The van der Waals surface area contributed by atoms with Crippen molar-refractivity contribution in [2.75, 3.05) is 33.3 Å². The van der Waals surface area contributed by atoms with Crippen LogP contribution in [0.1, 0.15) is 24.8 Å². The Morgan fingerprint density at radius 3 is 2.91 bits per heavy atom. The first-order chi connectivity index (χ1) is 11.1. The van der Waals surface area contributed by atoms with E-state index in [-0.39, 0.29) is 17.9 Å². The summed E-state index contributed by atoms with van der Waals surface area (Å²) in [4.78, 5) is 20.5. The van der Waals surface area contributed by atoms with E-state index in [9.17, 15) is 9.90 Å². The number of aromatic nitrogens is 1. The van der Waals surface area contributed by atoms with Gasteiger partial charge in [-0.15, -0.1) is 6.58 Å². The molecule has 1 aliphatic heterocycles. The van der Waals surface area contributed by atoms with Crippen molar-refractivity contribution < 1.29 is 9.90 Å². The molecule has 1 N–H and O–H groups in total. The molecule has 1 unspecified atom stereocenters. The van der Waals surface area contributed by atoms with E-state index in [4.69, 9.17) is 0 Å². The van der Waals surface area contributed by atoms with Crippen LogP contribution in [0, 0.1) is 5.41 Å². The standard InChI is InChI=1S/C18H27N3O2/c1-3-7-18(15-22)8-4-11-21(14-18)17(23)13-20(2)12-16-5-9-19-10-6-16/h3,5-6,9-10,22H,1,4,7-8,11-15H2,2H3. The zero-order chi connectivity index (χ0) is 16.7. The van der Waals surface area contributed by atoms with Gasteiger partial charge in [0.25, 0.3) is 0 Å². The van der Waals surface area contributed by atoms with Gasteiger partial charge in [0, 0.05) is 37.4 Å². The SMILES string of the molecule is C=CCC1(CO)CCCN(C(=O)CN(C)Cc2ccncc2)C1. The Morgan fingerprint density at radius 1 is 1.52 bits per heavy atom. The third-order valence-corrected chi connectivity index (χ3v) is 4.53. The summed E-state index contributed by atoms with van der Waals surface area (Å²) in [5, 5.41) is 9.75. The summed E-state index contributed by atoms with van der Waals surface area (Å²) in [6, 6.07) is 3.92. The highest BCUT2D eigenvalue weighted by molar-refractivity contribution is 5.78. The van der Waals surface area contributed by atoms with E-state index in [2.05, 4.69) is 11.6 Å². The Kier molecular flexibility index (Phi) is 6.30. The van der Waals surface area contributed by atoms with E-state index in [0.717, 1.165) is 37.9 Å². The highest BCUT2D eigenvalue weighted by Gasteiger charge is 2.35. The first kappa shape index (κ1) is 17.6. The van der Waals surface area contributed by atoms with Gasteiger partial charge >= 0.3 is 0 Å². The lowest BCUT2D eigenvalue weighted by molar-refractivity contribution is -0.136. The molecular formula is C18H27N3O2. The van der Waals surface area contributed by atoms with Crippen LogP contribution in [0.25, 0.3) is 0 Å². The van der Waals surface area contributed by atoms with Crippen molar-refractivity contribution in [3.8, 4) is 0 Å². The molecule has 0 bridgehead atoms. The number of pyridine rings is 1. The molecule has 0 aromatic carbocycles. The highest BCUT2D eigenvalue weighted by atomic mass is 16.3. The maximum absolute atomic E-state index is 12.6. The summed E-state index contributed by atoms with van der Waals surface area (Å²) >= 11 is 0. The van der Waals surface area contributed by atoms with Crippen LogP contribution in [0.4, 0.5) is 0 Å². The van der Waals surface area contributed by atoms with Gasteiger partial charge in [-0.05, 0) is 44.0 Å². The number of hydrogen-bond acceptors (Lipinski definition) is 4. The summed E-state index contributed by atoms with van der Waals surface area (Å²) < 4.78 is 0. The third kappa shape index (κ3) is 4.88. The Bertz CT molecular complexity index is 520. The highest BCUT2D eigenvalue weighted by Crippen LogP contribution is 2.33. The van der Waals surface area contributed by atoms with Gasteiger partial charge in [-0.1, -0.05) is 6.08 Å². The van der Waals surface area contributed by atoms with Crippen LogP contribution in [0.3, 0.4) is 0 Å². The van der Waals surface area contributed by atoms with Gasteiger partial charge in [-0.25, -0.2) is 0 Å². The Balaban J connectivity index is 1.90. The maximum Gasteiger partial charge on any atom is 0.236 e. The van der Waals surface area contributed by atoms with Gasteiger partial charge in [0.1, 0.15) is 0 Å². The molecule has 23 heavy (non-hydrogen) atoms. The van der Waals surface area contributed by atoms with Crippen molar-refractivity contribution in [2.45, 2.75) is 25.8 Å². The third-order valence-electron chi connectivity index (χ3n) is 4.53. The Morgan fingerprint density at radius 2 is 2.26 bits per heavy atom. The predicted molar refractivity (Wildman–Crippen MR) is 90.7 cm³/mol. The molecule has 1 aromatic heterocycles. The second-order valence-electron chi connectivity index (χ2n) is 6.60. The lowest BCUT2D eigenvalue weighted by Gasteiger charge is -2.41. The summed E-state index contributed by atoms with van der Waals surface area (Å²) in [7, 11) is 1.95. The van der Waals surface area contributed by atoms with Gasteiger partial charge < -0.3 is 10.0 Å². The largest absolute Gasteiger partial charge is 0.396 e. The van der Waals surface area contributed by atoms with E-state index in [1.807, 2.05) is 35.1 Å². The summed E-state index contributed by atoms with van der Waals surface area (Å²) in [6.45, 7) is 6.40. The number of likely N-dealkylation sites (N-methyl/N-ethyl adjacent to an activating group) is 1. The molecular weight excluding hydrogens is 290 g/mol. The van der Waals surface area contributed by atoms with Crippen molar-refractivity contribution in [1.82, 2.24) is 14.8 Å². The Hall–Kier alpha value is -1.72. The molecule has 1 atom stereocenters. The fourth-order valence-electron chi connectivity index (χ4n) is 3.27. The molecule has 0 saturated carbocycles. The average molecular weight is 317 g/mol. The zero-order valence-corrected chi connectivity index (χ0v) is 13.9. The number of amides is 1. The van der Waals surface area contributed by atoms with Crippen LogP contribution in [-0.2, 0) is 11.3 Å². The molecule has 1 saturated heterocycles. The number of carbonyl (C=O) groups is 1. The van der Waals surface area contributed by atoms with Gasteiger partial charge in [0.05, 0.1) is 13.2 Å². The van der Waals surface area contributed by atoms with Crippen LogP contribution in [-0.4, -0.2) is 59.1 Å². The Labute approximate surface area is 138 Å². The number of hydrogen-bond donors (Lipinski definition) is 1. The van der Waals surface area contributed by atoms with E-state index in [0.29, 0.717) is 13.1 Å². The summed E-state index contributed by atoms with van der Waals surface area (Å²) in [5.74, 6) is 0.128. The molecule has 1 aromatic rings. The van der Waals surface area contributed by atoms with Crippen molar-refractivity contribution in [3.63, 3.8) is 0 Å². The normalized spacial score (nSPS) is 21.4. The van der Waals surface area contributed by atoms with Crippen LogP contribution in [0.15, 0.2) is 37.2 Å². The number of aliphatic hydroxyl groups is 1. The lowest BCUT2D eigenvalue weighted by Crippen LogP contribution is -2.50. The first-order valence-corrected chi connectivity index (χ1v) is 8.15. The number of nitrogens with zero attached hydrogens (tertiary/aromatic N) is 3. The molecule has 0 aliphatic carbocycles. The van der Waals surface area contributed by atoms with E-state index >= 15 is 0 Å². The van der Waals surface area contributed by atoms with Crippen molar-refractivity contribution in [3.05, 3.63) is 42.7 Å². The number of likely N-dealkylation sites (tertiary alicyclic amines) is 1. The second-order valence-corrected chi connectivity index (χ2v) is 6.60. The predicted octanol–water partition coefficient (Wildman–Crippen LogP) is 1.69. The van der Waals surface area contributed by atoms with Crippen LogP contribution in [0.2, 0.25) is 0 Å². The number of allylic oxidation sites excluding steroid dienone is 1. The maximum atomic E-state index is 12.6. The second kappa shape index (κ2) is 8.22. The molecule has 1 fully saturated rings. The van der Waals surface area contributed by atoms with Gasteiger partial charge in [0.15, 0.2) is 0 Å². The molecule has 1 amide bonds. The van der Waals surface area contributed by atoms with Crippen LogP contribution in [0.5, 0.6) is 0 Å².